The van der Waals surface area contributed by atoms with Crippen LogP contribution in [0, 0.1) is 13.8 Å². The molecule has 0 aliphatic heterocycles. The largest absolute Gasteiger partial charge is 0.347 e. The number of hydrogen-bond acceptors (Lipinski definition) is 1. The molecule has 16 heavy (non-hydrogen) atoms. The molecule has 2 aromatic rings. The van der Waals surface area contributed by atoms with Gasteiger partial charge in [0.15, 0.2) is 0 Å². The van der Waals surface area contributed by atoms with Crippen molar-refractivity contribution >= 4 is 22.5 Å². The van der Waals surface area contributed by atoms with Crippen LogP contribution < -0.4 is 5.73 Å². The fourth-order valence-electron chi connectivity index (χ4n) is 2.38. The zero-order valence-corrected chi connectivity index (χ0v) is 10.7. The van der Waals surface area contributed by atoms with E-state index in [1.54, 1.807) is 0 Å². The number of halogens is 1. The highest BCUT2D eigenvalue weighted by atomic mass is 35.5. The summed E-state index contributed by atoms with van der Waals surface area (Å²) in [5.74, 6) is 0. The molecule has 0 aliphatic carbocycles. The fraction of sp³-hybridized carbons (Fsp3) is 0.385. The highest BCUT2D eigenvalue weighted by molar-refractivity contribution is 6.32. The molecule has 0 amide bonds. The van der Waals surface area contributed by atoms with E-state index < -0.39 is 0 Å². The third-order valence-corrected chi connectivity index (χ3v) is 3.77. The Kier molecular flexibility index (Phi) is 2.96. The molecule has 1 aromatic carbocycles. The molecule has 0 saturated carbocycles. The summed E-state index contributed by atoms with van der Waals surface area (Å²) in [4.78, 5) is 0. The summed E-state index contributed by atoms with van der Waals surface area (Å²) >= 11 is 6.16. The van der Waals surface area contributed by atoms with Crippen molar-refractivity contribution in [2.24, 2.45) is 12.8 Å². The SMILES string of the molecule is Cc1c(Cl)ccc2c(CCN)c(C)n(C)c12. The quantitative estimate of drug-likeness (QED) is 0.854. The molecule has 2 N–H and O–H groups in total. The number of aryl methyl sites for hydroxylation is 2. The van der Waals surface area contributed by atoms with Crippen LogP contribution in [0.25, 0.3) is 10.9 Å². The van der Waals surface area contributed by atoms with Crippen molar-refractivity contribution in [3.05, 3.63) is 34.0 Å². The van der Waals surface area contributed by atoms with E-state index in [2.05, 4.69) is 31.5 Å². The van der Waals surface area contributed by atoms with Crippen molar-refractivity contribution in [2.45, 2.75) is 20.3 Å². The number of fused-ring (bicyclic) bond motifs is 1. The van der Waals surface area contributed by atoms with Gasteiger partial charge in [0.05, 0.1) is 5.52 Å². The maximum Gasteiger partial charge on any atom is 0.0527 e. The first-order valence-corrected chi connectivity index (χ1v) is 5.88. The lowest BCUT2D eigenvalue weighted by atomic mass is 10.1. The highest BCUT2D eigenvalue weighted by Gasteiger charge is 2.13. The van der Waals surface area contributed by atoms with Crippen LogP contribution in [0.2, 0.25) is 5.02 Å². The van der Waals surface area contributed by atoms with Gasteiger partial charge in [-0.2, -0.15) is 0 Å². The number of benzene rings is 1. The minimum atomic E-state index is 0.682. The predicted molar refractivity (Wildman–Crippen MR) is 70.2 cm³/mol. The number of nitrogens with zero attached hydrogens (tertiary/aromatic N) is 1. The molecule has 0 saturated heterocycles. The van der Waals surface area contributed by atoms with Crippen molar-refractivity contribution < 1.29 is 0 Å². The van der Waals surface area contributed by atoms with Gasteiger partial charge in [0.25, 0.3) is 0 Å². The van der Waals surface area contributed by atoms with Crippen LogP contribution in [0.1, 0.15) is 16.8 Å². The first-order valence-electron chi connectivity index (χ1n) is 5.51. The average molecular weight is 237 g/mol. The summed E-state index contributed by atoms with van der Waals surface area (Å²) < 4.78 is 2.21. The van der Waals surface area contributed by atoms with Gasteiger partial charge in [-0.3, -0.25) is 0 Å². The van der Waals surface area contributed by atoms with Crippen molar-refractivity contribution in [2.75, 3.05) is 6.54 Å². The highest BCUT2D eigenvalue weighted by Crippen LogP contribution is 2.31. The first-order chi connectivity index (χ1) is 7.57. The summed E-state index contributed by atoms with van der Waals surface area (Å²) in [5, 5.41) is 2.11. The fourth-order valence-corrected chi connectivity index (χ4v) is 2.53. The predicted octanol–water partition coefficient (Wildman–Crippen LogP) is 2.95. The van der Waals surface area contributed by atoms with Gasteiger partial charge in [-0.05, 0) is 44.0 Å². The third kappa shape index (κ3) is 1.53. The molecular weight excluding hydrogens is 220 g/mol. The molecule has 2 rings (SSSR count). The molecule has 0 fully saturated rings. The van der Waals surface area contributed by atoms with Crippen molar-refractivity contribution in [3.8, 4) is 0 Å². The Morgan fingerprint density at radius 2 is 2.00 bits per heavy atom. The Hall–Kier alpha value is -0.990. The molecule has 1 aromatic heterocycles. The third-order valence-electron chi connectivity index (χ3n) is 3.36. The van der Waals surface area contributed by atoms with Gasteiger partial charge >= 0.3 is 0 Å². The van der Waals surface area contributed by atoms with Gasteiger partial charge in [0.1, 0.15) is 0 Å². The maximum absolute atomic E-state index is 6.16. The van der Waals surface area contributed by atoms with E-state index in [-0.39, 0.29) is 0 Å². The Bertz CT molecular complexity index is 541. The lowest BCUT2D eigenvalue weighted by molar-refractivity contribution is 0.880. The van der Waals surface area contributed by atoms with E-state index in [4.69, 9.17) is 17.3 Å². The van der Waals surface area contributed by atoms with Crippen LogP contribution in [0.3, 0.4) is 0 Å². The van der Waals surface area contributed by atoms with Gasteiger partial charge in [0, 0.05) is 23.2 Å². The molecule has 1 heterocycles. The Balaban J connectivity index is 2.84. The average Bonchev–Trinajstić information content (AvgIpc) is 2.50. The topological polar surface area (TPSA) is 30.9 Å². The lowest BCUT2D eigenvalue weighted by Crippen LogP contribution is -2.03. The van der Waals surface area contributed by atoms with Gasteiger partial charge in [-0.1, -0.05) is 17.7 Å². The van der Waals surface area contributed by atoms with Gasteiger partial charge in [-0.25, -0.2) is 0 Å². The molecule has 0 bridgehead atoms. The van der Waals surface area contributed by atoms with Crippen LogP contribution in [-0.2, 0) is 13.5 Å². The van der Waals surface area contributed by atoms with Gasteiger partial charge in [0.2, 0.25) is 0 Å². The summed E-state index contributed by atoms with van der Waals surface area (Å²) in [6.45, 7) is 4.89. The number of hydrogen-bond donors (Lipinski definition) is 1. The molecular formula is C13H17ClN2. The van der Waals surface area contributed by atoms with E-state index in [1.165, 1.54) is 22.2 Å². The van der Waals surface area contributed by atoms with E-state index >= 15 is 0 Å². The molecule has 3 heteroatoms. The molecule has 0 aliphatic rings. The summed E-state index contributed by atoms with van der Waals surface area (Å²) in [6, 6.07) is 4.07. The monoisotopic (exact) mass is 236 g/mol. The Morgan fingerprint density at radius 3 is 2.62 bits per heavy atom. The smallest absolute Gasteiger partial charge is 0.0527 e. The van der Waals surface area contributed by atoms with E-state index in [1.807, 2.05) is 6.07 Å². The van der Waals surface area contributed by atoms with Gasteiger partial charge in [-0.15, -0.1) is 0 Å². The minimum absolute atomic E-state index is 0.682. The lowest BCUT2D eigenvalue weighted by Gasteiger charge is -2.03. The second-order valence-electron chi connectivity index (χ2n) is 4.23. The zero-order valence-electron chi connectivity index (χ0n) is 9.97. The molecule has 0 radical (unpaired) electrons. The van der Waals surface area contributed by atoms with Gasteiger partial charge < -0.3 is 10.3 Å². The van der Waals surface area contributed by atoms with Crippen molar-refractivity contribution in [1.82, 2.24) is 4.57 Å². The maximum atomic E-state index is 6.16. The van der Waals surface area contributed by atoms with Crippen LogP contribution in [0.5, 0.6) is 0 Å². The molecule has 0 atom stereocenters. The van der Waals surface area contributed by atoms with E-state index in [0.29, 0.717) is 6.54 Å². The second-order valence-corrected chi connectivity index (χ2v) is 4.64. The van der Waals surface area contributed by atoms with Crippen LogP contribution in [0.4, 0.5) is 0 Å². The van der Waals surface area contributed by atoms with Crippen molar-refractivity contribution in [3.63, 3.8) is 0 Å². The van der Waals surface area contributed by atoms with E-state index in [9.17, 15) is 0 Å². The number of aromatic nitrogens is 1. The molecule has 2 nitrogen and oxygen atoms in total. The van der Waals surface area contributed by atoms with Crippen LogP contribution in [0.15, 0.2) is 12.1 Å². The Labute approximate surface area is 101 Å². The molecule has 0 unspecified atom stereocenters. The summed E-state index contributed by atoms with van der Waals surface area (Å²) in [7, 11) is 2.08. The number of nitrogens with two attached hydrogens (primary N) is 1. The molecule has 86 valence electrons. The second kappa shape index (κ2) is 4.11. The normalized spacial score (nSPS) is 11.3. The zero-order chi connectivity index (χ0) is 11.9. The molecule has 0 spiro atoms. The number of rotatable bonds is 2. The van der Waals surface area contributed by atoms with Crippen molar-refractivity contribution in [1.29, 1.82) is 0 Å². The summed E-state index contributed by atoms with van der Waals surface area (Å²) in [5.41, 5.74) is 10.7. The van der Waals surface area contributed by atoms with Crippen LogP contribution >= 0.6 is 11.6 Å². The van der Waals surface area contributed by atoms with Crippen LogP contribution in [-0.4, -0.2) is 11.1 Å². The Morgan fingerprint density at radius 1 is 1.31 bits per heavy atom. The standard InChI is InChI=1S/C13H17ClN2/c1-8-12(14)5-4-11-10(6-7-15)9(2)16(3)13(8)11/h4-5H,6-7,15H2,1-3H3. The first kappa shape index (κ1) is 11.5. The minimum Gasteiger partial charge on any atom is -0.347 e. The summed E-state index contributed by atoms with van der Waals surface area (Å²) in [6.07, 6.45) is 0.921. The van der Waals surface area contributed by atoms with E-state index in [0.717, 1.165) is 17.0 Å².